The molecule has 2 nitrogen and oxygen atoms in total. The number of hydrogen-bond donors (Lipinski definition) is 0. The summed E-state index contributed by atoms with van der Waals surface area (Å²) in [6.45, 7) is -0.992. The zero-order chi connectivity index (χ0) is 20.0. The molecule has 148 valence electrons. The molecule has 8 heteroatoms. The maximum atomic E-state index is 5.96. The second-order valence-corrected chi connectivity index (χ2v) is 13.1. The van der Waals surface area contributed by atoms with E-state index in [1.807, 2.05) is 72.8 Å². The Balaban J connectivity index is 1.78. The van der Waals surface area contributed by atoms with Gasteiger partial charge in [0.1, 0.15) is 13.3 Å². The van der Waals surface area contributed by atoms with E-state index in [0.717, 1.165) is 28.2 Å². The first kappa shape index (κ1) is 22.5. The zero-order valence-electron chi connectivity index (χ0n) is 14.8. The van der Waals surface area contributed by atoms with E-state index in [-0.39, 0.29) is 0 Å². The van der Waals surface area contributed by atoms with Crippen molar-refractivity contribution in [1.29, 1.82) is 0 Å². The van der Waals surface area contributed by atoms with Crippen molar-refractivity contribution in [3.05, 3.63) is 71.8 Å². The van der Waals surface area contributed by atoms with Crippen LogP contribution in [0.15, 0.2) is 60.7 Å². The van der Waals surface area contributed by atoms with Crippen molar-refractivity contribution in [2.24, 2.45) is 0 Å². The van der Waals surface area contributed by atoms with Crippen molar-refractivity contribution < 1.29 is 9.47 Å². The lowest BCUT2D eigenvalue weighted by atomic mass is 10.1. The maximum absolute atomic E-state index is 5.96. The normalized spacial score (nSPS) is 17.2. The molecule has 0 amide bonds. The number of benzene rings is 2. The van der Waals surface area contributed by atoms with E-state index in [0.29, 0.717) is 13.2 Å². The average molecular weight is 494 g/mol. The molecule has 0 bridgehead atoms. The molecule has 0 aliphatic carbocycles. The highest BCUT2D eigenvalue weighted by Gasteiger charge is 2.28. The fraction of sp³-hybridized carbons (Fsp3) is 0.200. The third-order valence-corrected chi connectivity index (χ3v) is 7.86. The van der Waals surface area contributed by atoms with Gasteiger partial charge in [-0.3, -0.25) is 0 Å². The van der Waals surface area contributed by atoms with Gasteiger partial charge >= 0.3 is 0 Å². The molecule has 0 unspecified atom stereocenters. The molecule has 0 radical (unpaired) electrons. The van der Waals surface area contributed by atoms with Crippen molar-refractivity contribution in [1.82, 2.24) is 0 Å². The van der Waals surface area contributed by atoms with Crippen LogP contribution in [0.4, 0.5) is 0 Å². The molecular formula is C20H18Cl4O2P2. The predicted octanol–water partition coefficient (Wildman–Crippen LogP) is 7.38. The molecule has 2 aromatic carbocycles. The lowest BCUT2D eigenvalue weighted by molar-refractivity contribution is -0.204. The molecule has 1 aliphatic heterocycles. The van der Waals surface area contributed by atoms with E-state index in [4.69, 9.17) is 54.4 Å². The van der Waals surface area contributed by atoms with Crippen LogP contribution in [0.3, 0.4) is 0 Å². The highest BCUT2D eigenvalue weighted by Crippen LogP contribution is 2.45. The number of halogens is 4. The Morgan fingerprint density at radius 1 is 0.679 bits per heavy atom. The number of ether oxygens (including phenoxy) is 2. The third kappa shape index (κ3) is 6.43. The number of hydrogen-bond acceptors (Lipinski definition) is 2. The molecular weight excluding hydrogens is 476 g/mol. The molecule has 0 atom stereocenters. The molecule has 2 aromatic rings. The first-order valence-electron chi connectivity index (χ1n) is 8.57. The van der Waals surface area contributed by atoms with E-state index in [2.05, 4.69) is 0 Å². The molecule has 0 N–H and O–H groups in total. The van der Waals surface area contributed by atoms with E-state index >= 15 is 0 Å². The van der Waals surface area contributed by atoms with Gasteiger partial charge in [0, 0.05) is 10.6 Å². The summed E-state index contributed by atoms with van der Waals surface area (Å²) < 4.78 is 11.9. The van der Waals surface area contributed by atoms with Crippen molar-refractivity contribution in [3.63, 3.8) is 0 Å². The Morgan fingerprint density at radius 2 is 1.07 bits per heavy atom. The molecule has 1 aliphatic rings. The van der Waals surface area contributed by atoms with Crippen molar-refractivity contribution in [3.8, 4) is 0 Å². The van der Waals surface area contributed by atoms with Gasteiger partial charge in [-0.15, -0.1) is 0 Å². The van der Waals surface area contributed by atoms with Gasteiger partial charge in [-0.2, -0.15) is 0 Å². The summed E-state index contributed by atoms with van der Waals surface area (Å²) in [5, 5.41) is 1.85. The molecule has 1 fully saturated rings. The van der Waals surface area contributed by atoms with Crippen LogP contribution in [0, 0.1) is 0 Å². The minimum absolute atomic E-state index is 0.637. The van der Waals surface area contributed by atoms with Crippen LogP contribution in [0.1, 0.15) is 17.5 Å². The molecule has 28 heavy (non-hydrogen) atoms. The smallest absolute Gasteiger partial charge is 0.208 e. The van der Waals surface area contributed by atoms with E-state index in [1.54, 1.807) is 0 Å². The Morgan fingerprint density at radius 3 is 1.43 bits per heavy atom. The second-order valence-electron chi connectivity index (χ2n) is 6.09. The zero-order valence-corrected chi connectivity index (χ0v) is 19.6. The molecule has 1 heterocycles. The summed E-state index contributed by atoms with van der Waals surface area (Å²) in [6.07, 6.45) is 8.67. The predicted molar refractivity (Wildman–Crippen MR) is 127 cm³/mol. The molecule has 0 aromatic heterocycles. The van der Waals surface area contributed by atoms with Gasteiger partial charge in [0.15, 0.2) is 0 Å². The minimum atomic E-state index is -1.13. The van der Waals surface area contributed by atoms with Gasteiger partial charge in [0.2, 0.25) is 5.79 Å². The van der Waals surface area contributed by atoms with Gasteiger partial charge in [-0.1, -0.05) is 106 Å². The fourth-order valence-electron chi connectivity index (χ4n) is 2.63. The van der Waals surface area contributed by atoms with Gasteiger partial charge in [-0.25, -0.2) is 0 Å². The van der Waals surface area contributed by atoms with Gasteiger partial charge in [-0.05, 0) is 29.7 Å². The summed E-state index contributed by atoms with van der Waals surface area (Å²) in [5.41, 5.74) is 2.03. The summed E-state index contributed by atoms with van der Waals surface area (Å²) in [7, 11) is 0. The Labute approximate surface area is 187 Å². The summed E-state index contributed by atoms with van der Waals surface area (Å²) in [6, 6.07) is 15.6. The summed E-state index contributed by atoms with van der Waals surface area (Å²) in [4.78, 5) is 0. The molecule has 1 saturated heterocycles. The van der Waals surface area contributed by atoms with Crippen LogP contribution >= 0.6 is 58.2 Å². The summed E-state index contributed by atoms with van der Waals surface area (Å²) >= 11 is 23.8. The molecule has 0 saturated carbocycles. The standard InChI is InChI=1S/C20H18Cl4O2P2/c21-27(22)18-6-2-16(3-7-18)10-12-20(25-14-1-15-26-20)13-11-17-4-8-19(9-5-17)28(23)24/h2-13H,1,14-15H2/b12-10+,13-11+. The molecule has 3 rings (SSSR count). The maximum Gasteiger partial charge on any atom is 0.208 e. The van der Waals surface area contributed by atoms with Gasteiger partial charge in [0.05, 0.1) is 13.2 Å². The van der Waals surface area contributed by atoms with Crippen LogP contribution in [-0.2, 0) is 9.47 Å². The van der Waals surface area contributed by atoms with Gasteiger partial charge in [0.25, 0.3) is 0 Å². The Bertz CT molecular complexity index is 752. The third-order valence-electron chi connectivity index (χ3n) is 4.14. The average Bonchev–Trinajstić information content (AvgIpc) is 2.72. The highest BCUT2D eigenvalue weighted by atomic mass is 35.9. The first-order chi connectivity index (χ1) is 13.5. The van der Waals surface area contributed by atoms with E-state index < -0.39 is 19.0 Å². The SMILES string of the molecule is ClP(Cl)c1ccc(/C=C/C2(/C=C/c3ccc(P(Cl)Cl)cc3)OCCCO2)cc1. The minimum Gasteiger partial charge on any atom is -0.343 e. The Kier molecular flexibility index (Phi) is 8.66. The largest absolute Gasteiger partial charge is 0.343 e. The van der Waals surface area contributed by atoms with Crippen LogP contribution < -0.4 is 10.6 Å². The van der Waals surface area contributed by atoms with Crippen molar-refractivity contribution >= 4 is 81.0 Å². The monoisotopic (exact) mass is 492 g/mol. The van der Waals surface area contributed by atoms with E-state index in [9.17, 15) is 0 Å². The van der Waals surface area contributed by atoms with Crippen LogP contribution in [-0.4, -0.2) is 19.0 Å². The topological polar surface area (TPSA) is 18.5 Å². The lowest BCUT2D eigenvalue weighted by Crippen LogP contribution is -2.36. The Hall–Kier alpha value is -0.140. The van der Waals surface area contributed by atoms with Crippen molar-refractivity contribution in [2.75, 3.05) is 13.2 Å². The van der Waals surface area contributed by atoms with Crippen LogP contribution in [0.5, 0.6) is 0 Å². The quantitative estimate of drug-likeness (QED) is 0.391. The van der Waals surface area contributed by atoms with Crippen molar-refractivity contribution in [2.45, 2.75) is 12.2 Å². The first-order valence-corrected chi connectivity index (χ1v) is 14.9. The highest BCUT2D eigenvalue weighted by molar-refractivity contribution is 8.09. The lowest BCUT2D eigenvalue weighted by Gasteiger charge is -2.32. The van der Waals surface area contributed by atoms with Crippen LogP contribution in [0.2, 0.25) is 0 Å². The molecule has 0 spiro atoms. The second kappa shape index (κ2) is 10.8. The number of rotatable bonds is 6. The van der Waals surface area contributed by atoms with Crippen LogP contribution in [0.25, 0.3) is 12.2 Å². The van der Waals surface area contributed by atoms with Gasteiger partial charge < -0.3 is 9.47 Å². The summed E-state index contributed by atoms with van der Waals surface area (Å²) in [5.74, 6) is -0.896. The van der Waals surface area contributed by atoms with E-state index in [1.165, 1.54) is 0 Å². The fourth-order valence-corrected chi connectivity index (χ4v) is 4.73.